The molecule has 0 unspecified atom stereocenters. The molecule has 0 spiro atoms. The second-order valence-corrected chi connectivity index (χ2v) is 5.67. The van der Waals surface area contributed by atoms with Crippen molar-refractivity contribution < 1.29 is 27.8 Å². The standard InChI is InChI=1S/C19H15F2N3O4/c1-11(17(25)24-14-4-2-3-5-16(14)28-19(20)21)27-18(26)12-6-7-13-15(10-12)23-9-8-22-13/h2-11,19H,1H3,(H,24,25)/t11-/m0/s1. The van der Waals surface area contributed by atoms with Crippen LogP contribution in [0.15, 0.2) is 54.9 Å². The van der Waals surface area contributed by atoms with Crippen LogP contribution < -0.4 is 10.1 Å². The van der Waals surface area contributed by atoms with Crippen molar-refractivity contribution in [3.05, 3.63) is 60.4 Å². The number of nitrogens with zero attached hydrogens (tertiary/aromatic N) is 2. The second kappa shape index (κ2) is 8.38. The number of hydrogen-bond donors (Lipinski definition) is 1. The number of amides is 1. The fourth-order valence-electron chi connectivity index (χ4n) is 2.38. The van der Waals surface area contributed by atoms with Crippen LogP contribution >= 0.6 is 0 Å². The first-order valence-electron chi connectivity index (χ1n) is 8.20. The highest BCUT2D eigenvalue weighted by atomic mass is 19.3. The maximum atomic E-state index is 12.5. The summed E-state index contributed by atoms with van der Waals surface area (Å²) in [6.07, 6.45) is 1.85. The number of hydrogen-bond acceptors (Lipinski definition) is 6. The van der Waals surface area contributed by atoms with E-state index in [-0.39, 0.29) is 17.0 Å². The van der Waals surface area contributed by atoms with E-state index in [4.69, 9.17) is 4.74 Å². The highest BCUT2D eigenvalue weighted by Gasteiger charge is 2.21. The zero-order valence-electron chi connectivity index (χ0n) is 14.6. The van der Waals surface area contributed by atoms with Gasteiger partial charge in [0.05, 0.1) is 22.3 Å². The molecule has 1 aromatic heterocycles. The van der Waals surface area contributed by atoms with Crippen LogP contribution in [-0.2, 0) is 9.53 Å². The van der Waals surface area contributed by atoms with E-state index in [2.05, 4.69) is 20.0 Å². The van der Waals surface area contributed by atoms with E-state index >= 15 is 0 Å². The minimum Gasteiger partial charge on any atom is -0.449 e. The van der Waals surface area contributed by atoms with Crippen LogP contribution in [0, 0.1) is 0 Å². The minimum atomic E-state index is -3.04. The summed E-state index contributed by atoms with van der Waals surface area (Å²) in [7, 11) is 0. The van der Waals surface area contributed by atoms with Crippen molar-refractivity contribution in [2.24, 2.45) is 0 Å². The Kier molecular flexibility index (Phi) is 5.73. The number of nitrogens with one attached hydrogen (secondary N) is 1. The Morgan fingerprint density at radius 3 is 2.50 bits per heavy atom. The molecule has 28 heavy (non-hydrogen) atoms. The molecule has 1 heterocycles. The van der Waals surface area contributed by atoms with Crippen LogP contribution in [0.4, 0.5) is 14.5 Å². The number of carbonyl (C=O) groups is 2. The summed E-state index contributed by atoms with van der Waals surface area (Å²) in [6, 6.07) is 10.3. The van der Waals surface area contributed by atoms with Crippen LogP contribution in [0.5, 0.6) is 5.75 Å². The van der Waals surface area contributed by atoms with E-state index in [1.807, 2.05) is 0 Å². The predicted octanol–water partition coefficient (Wildman–Crippen LogP) is 3.42. The summed E-state index contributed by atoms with van der Waals surface area (Å²) in [5, 5.41) is 2.41. The third kappa shape index (κ3) is 4.56. The molecule has 0 radical (unpaired) electrons. The van der Waals surface area contributed by atoms with Crippen LogP contribution in [0.2, 0.25) is 0 Å². The molecule has 0 bridgehead atoms. The Hall–Kier alpha value is -3.62. The van der Waals surface area contributed by atoms with Gasteiger partial charge in [-0.1, -0.05) is 12.1 Å². The zero-order chi connectivity index (χ0) is 20.1. The lowest BCUT2D eigenvalue weighted by atomic mass is 10.2. The van der Waals surface area contributed by atoms with E-state index < -0.39 is 24.6 Å². The second-order valence-electron chi connectivity index (χ2n) is 5.67. The number of benzene rings is 2. The molecule has 0 aliphatic rings. The Balaban J connectivity index is 1.67. The molecule has 1 N–H and O–H groups in total. The summed E-state index contributed by atoms with van der Waals surface area (Å²) in [5.41, 5.74) is 1.36. The molecule has 0 aliphatic heterocycles. The van der Waals surface area contributed by atoms with E-state index in [0.29, 0.717) is 11.0 Å². The summed E-state index contributed by atoms with van der Waals surface area (Å²) < 4.78 is 34.4. The molecule has 2 aromatic carbocycles. The van der Waals surface area contributed by atoms with Crippen LogP contribution in [0.25, 0.3) is 11.0 Å². The first-order chi connectivity index (χ1) is 13.4. The summed E-state index contributed by atoms with van der Waals surface area (Å²) >= 11 is 0. The molecule has 0 saturated heterocycles. The molecular weight excluding hydrogens is 372 g/mol. The van der Waals surface area contributed by atoms with Crippen molar-refractivity contribution in [2.75, 3.05) is 5.32 Å². The van der Waals surface area contributed by atoms with Crippen LogP contribution in [0.1, 0.15) is 17.3 Å². The predicted molar refractivity (Wildman–Crippen MR) is 96.1 cm³/mol. The molecule has 0 fully saturated rings. The van der Waals surface area contributed by atoms with Crippen molar-refractivity contribution in [1.29, 1.82) is 0 Å². The maximum absolute atomic E-state index is 12.5. The Morgan fingerprint density at radius 2 is 1.75 bits per heavy atom. The van der Waals surface area contributed by atoms with Gasteiger partial charge in [0.15, 0.2) is 6.10 Å². The lowest BCUT2D eigenvalue weighted by Crippen LogP contribution is -2.30. The van der Waals surface area contributed by atoms with E-state index in [1.165, 1.54) is 49.6 Å². The van der Waals surface area contributed by atoms with Gasteiger partial charge in [-0.2, -0.15) is 8.78 Å². The Bertz CT molecular complexity index is 1010. The first-order valence-corrected chi connectivity index (χ1v) is 8.20. The number of fused-ring (bicyclic) bond motifs is 1. The largest absolute Gasteiger partial charge is 0.449 e. The molecule has 3 aromatic rings. The van der Waals surface area contributed by atoms with Gasteiger partial charge in [-0.05, 0) is 37.3 Å². The molecule has 9 heteroatoms. The summed E-state index contributed by atoms with van der Waals surface area (Å²) in [5.74, 6) is -1.62. The highest BCUT2D eigenvalue weighted by Crippen LogP contribution is 2.25. The average Bonchev–Trinajstić information content (AvgIpc) is 2.68. The monoisotopic (exact) mass is 387 g/mol. The third-order valence-electron chi connectivity index (χ3n) is 3.72. The fraction of sp³-hybridized carbons (Fsp3) is 0.158. The van der Waals surface area contributed by atoms with Crippen molar-refractivity contribution in [1.82, 2.24) is 9.97 Å². The van der Waals surface area contributed by atoms with Crippen molar-refractivity contribution in [2.45, 2.75) is 19.6 Å². The molecule has 0 saturated carbocycles. The summed E-state index contributed by atoms with van der Waals surface area (Å²) in [4.78, 5) is 32.8. The molecule has 7 nitrogen and oxygen atoms in total. The van der Waals surface area contributed by atoms with Gasteiger partial charge in [0.25, 0.3) is 5.91 Å². The van der Waals surface area contributed by atoms with Gasteiger partial charge in [0, 0.05) is 12.4 Å². The number of para-hydroxylation sites is 2. The number of rotatable bonds is 6. The number of alkyl halides is 2. The van der Waals surface area contributed by atoms with Gasteiger partial charge < -0.3 is 14.8 Å². The smallest absolute Gasteiger partial charge is 0.387 e. The maximum Gasteiger partial charge on any atom is 0.387 e. The highest BCUT2D eigenvalue weighted by molar-refractivity contribution is 5.99. The summed E-state index contributed by atoms with van der Waals surface area (Å²) in [6.45, 7) is -1.67. The molecule has 3 rings (SSSR count). The first kappa shape index (κ1) is 19.2. The average molecular weight is 387 g/mol. The normalized spacial score (nSPS) is 11.9. The number of anilines is 1. The third-order valence-corrected chi connectivity index (χ3v) is 3.72. The van der Waals surface area contributed by atoms with E-state index in [1.54, 1.807) is 12.1 Å². The van der Waals surface area contributed by atoms with Gasteiger partial charge in [0.1, 0.15) is 5.75 Å². The van der Waals surface area contributed by atoms with Gasteiger partial charge in [0.2, 0.25) is 0 Å². The Labute approximate surface area is 158 Å². The van der Waals surface area contributed by atoms with Gasteiger partial charge >= 0.3 is 12.6 Å². The van der Waals surface area contributed by atoms with Crippen LogP contribution in [0.3, 0.4) is 0 Å². The van der Waals surface area contributed by atoms with Gasteiger partial charge in [-0.3, -0.25) is 14.8 Å². The SMILES string of the molecule is C[C@H](OC(=O)c1ccc2nccnc2c1)C(=O)Nc1ccccc1OC(F)F. The molecule has 1 amide bonds. The van der Waals surface area contributed by atoms with Gasteiger partial charge in [-0.15, -0.1) is 0 Å². The van der Waals surface area contributed by atoms with Gasteiger partial charge in [-0.25, -0.2) is 4.79 Å². The van der Waals surface area contributed by atoms with Crippen molar-refractivity contribution in [3.63, 3.8) is 0 Å². The van der Waals surface area contributed by atoms with Crippen molar-refractivity contribution >= 4 is 28.6 Å². The minimum absolute atomic E-state index is 0.0386. The van der Waals surface area contributed by atoms with E-state index in [0.717, 1.165) is 0 Å². The van der Waals surface area contributed by atoms with Crippen molar-refractivity contribution in [3.8, 4) is 5.75 Å². The number of esters is 1. The number of halogens is 2. The van der Waals surface area contributed by atoms with Crippen LogP contribution in [-0.4, -0.2) is 34.6 Å². The quantitative estimate of drug-likeness (QED) is 0.652. The molecule has 0 aliphatic carbocycles. The zero-order valence-corrected chi connectivity index (χ0v) is 14.6. The Morgan fingerprint density at radius 1 is 1.04 bits per heavy atom. The topological polar surface area (TPSA) is 90.4 Å². The number of ether oxygens (including phenoxy) is 2. The molecular formula is C19H15F2N3O4. The van der Waals surface area contributed by atoms with E-state index in [9.17, 15) is 18.4 Å². The number of carbonyl (C=O) groups excluding carboxylic acids is 2. The fourth-order valence-corrected chi connectivity index (χ4v) is 2.38. The molecule has 144 valence electrons. The molecule has 1 atom stereocenters. The lowest BCUT2D eigenvalue weighted by Gasteiger charge is -2.15. The number of aromatic nitrogens is 2. The lowest BCUT2D eigenvalue weighted by molar-refractivity contribution is -0.123.